The number of alkyl halides is 3. The molecule has 1 aliphatic rings. The zero-order valence-electron chi connectivity index (χ0n) is 16.9. The highest BCUT2D eigenvalue weighted by Crippen LogP contribution is 2.60. The van der Waals surface area contributed by atoms with Crippen LogP contribution in [0, 0.1) is 28.1 Å². The van der Waals surface area contributed by atoms with Gasteiger partial charge in [-0.05, 0) is 17.7 Å². The molecule has 0 heterocycles. The van der Waals surface area contributed by atoms with Crippen molar-refractivity contribution in [2.24, 2.45) is 5.41 Å². The molecule has 31 heavy (non-hydrogen) atoms. The predicted octanol–water partition coefficient (Wildman–Crippen LogP) is 2.47. The number of carbonyl (C=O) groups is 2. The van der Waals surface area contributed by atoms with E-state index < -0.39 is 51.9 Å². The van der Waals surface area contributed by atoms with Crippen LogP contribution in [0.15, 0.2) is 35.4 Å². The Bertz CT molecular complexity index is 984. The van der Waals surface area contributed by atoms with E-state index in [0.29, 0.717) is 0 Å². The van der Waals surface area contributed by atoms with Gasteiger partial charge in [-0.25, -0.2) is 9.59 Å². The van der Waals surface area contributed by atoms with Crippen LogP contribution in [0.3, 0.4) is 0 Å². The van der Waals surface area contributed by atoms with Gasteiger partial charge >= 0.3 is 18.1 Å². The Balaban J connectivity index is 2.98. The third kappa shape index (κ3) is 3.32. The fourth-order valence-corrected chi connectivity index (χ4v) is 3.79. The molecule has 11 heteroatoms. The normalized spacial score (nSPS) is 19.3. The number of esters is 2. The van der Waals surface area contributed by atoms with Crippen LogP contribution in [-0.4, -0.2) is 46.2 Å². The Morgan fingerprint density at radius 2 is 1.42 bits per heavy atom. The summed E-state index contributed by atoms with van der Waals surface area (Å²) < 4.78 is 59.1. The zero-order valence-corrected chi connectivity index (χ0v) is 16.9. The Labute approximate surface area is 175 Å². The van der Waals surface area contributed by atoms with Crippen molar-refractivity contribution in [3.05, 3.63) is 46.5 Å². The van der Waals surface area contributed by atoms with E-state index in [0.717, 1.165) is 52.7 Å². The molecule has 164 valence electrons. The SMILES string of the molecule is COC(=O)C1=C(C(=O)OC)C(OC)(OC)C(C#N)(C#N)C1c1ccc(C(F)(F)F)cc1. The minimum atomic E-state index is -4.64. The third-order valence-electron chi connectivity index (χ3n) is 5.13. The lowest BCUT2D eigenvalue weighted by Crippen LogP contribution is -2.52. The molecular weight excluding hydrogens is 421 g/mol. The highest BCUT2D eigenvalue weighted by Gasteiger charge is 2.71. The highest BCUT2D eigenvalue weighted by atomic mass is 19.4. The van der Waals surface area contributed by atoms with Crippen LogP contribution in [0.5, 0.6) is 0 Å². The van der Waals surface area contributed by atoms with E-state index in [9.17, 15) is 33.3 Å². The molecular formula is C20H17F3N2O6. The minimum absolute atomic E-state index is 0.0473. The maximum absolute atomic E-state index is 13.0. The Morgan fingerprint density at radius 3 is 1.77 bits per heavy atom. The molecule has 8 nitrogen and oxygen atoms in total. The van der Waals surface area contributed by atoms with Crippen molar-refractivity contribution in [3.63, 3.8) is 0 Å². The maximum Gasteiger partial charge on any atom is 0.416 e. The largest absolute Gasteiger partial charge is 0.466 e. The average Bonchev–Trinajstić information content (AvgIpc) is 3.04. The number of methoxy groups -OCH3 is 4. The molecule has 0 N–H and O–H groups in total. The van der Waals surface area contributed by atoms with Gasteiger partial charge in [0.15, 0.2) is 0 Å². The summed E-state index contributed by atoms with van der Waals surface area (Å²) in [6.45, 7) is 0. The molecule has 1 aliphatic carbocycles. The molecule has 0 spiro atoms. The van der Waals surface area contributed by atoms with Crippen molar-refractivity contribution < 1.29 is 41.7 Å². The number of halogens is 3. The van der Waals surface area contributed by atoms with Crippen LogP contribution in [0.2, 0.25) is 0 Å². The molecule has 1 unspecified atom stereocenters. The molecule has 0 radical (unpaired) electrons. The van der Waals surface area contributed by atoms with Crippen molar-refractivity contribution in [2.45, 2.75) is 17.9 Å². The van der Waals surface area contributed by atoms with Gasteiger partial charge in [-0.1, -0.05) is 12.1 Å². The number of rotatable bonds is 5. The molecule has 0 saturated carbocycles. The molecule has 0 fully saturated rings. The number of hydrogen-bond donors (Lipinski definition) is 0. The fraction of sp³-hybridized carbons (Fsp3) is 0.400. The van der Waals surface area contributed by atoms with Gasteiger partial charge in [0.25, 0.3) is 0 Å². The first-order valence-corrected chi connectivity index (χ1v) is 8.56. The monoisotopic (exact) mass is 438 g/mol. The van der Waals surface area contributed by atoms with Crippen molar-refractivity contribution >= 4 is 11.9 Å². The first kappa shape index (κ1) is 23.9. The zero-order chi connectivity index (χ0) is 23.6. The van der Waals surface area contributed by atoms with E-state index >= 15 is 0 Å². The molecule has 0 aromatic heterocycles. The number of nitrogens with zero attached hydrogens (tertiary/aromatic N) is 2. The van der Waals surface area contributed by atoms with Gasteiger partial charge in [0.2, 0.25) is 11.2 Å². The standard InChI is InChI=1S/C20H17F3N2O6/c1-28-16(26)13-14(11-5-7-12(8-6-11)20(21,22)23)18(9-24,10-25)19(30-3,31-4)15(13)17(27)29-2/h5-8,14H,1-4H3. The molecule has 1 aromatic carbocycles. The van der Waals surface area contributed by atoms with E-state index in [1.165, 1.54) is 0 Å². The lowest BCUT2D eigenvalue weighted by Gasteiger charge is -2.38. The van der Waals surface area contributed by atoms with Gasteiger partial charge in [-0.2, -0.15) is 23.7 Å². The second-order valence-corrected chi connectivity index (χ2v) is 6.38. The topological polar surface area (TPSA) is 119 Å². The number of ether oxygens (including phenoxy) is 4. The molecule has 0 saturated heterocycles. The Kier molecular flexibility index (Phi) is 6.45. The molecule has 2 rings (SSSR count). The summed E-state index contributed by atoms with van der Waals surface area (Å²) >= 11 is 0. The molecule has 0 amide bonds. The van der Waals surface area contributed by atoms with Crippen molar-refractivity contribution in [3.8, 4) is 12.1 Å². The number of hydrogen-bond acceptors (Lipinski definition) is 8. The van der Waals surface area contributed by atoms with E-state index in [1.54, 1.807) is 12.1 Å². The van der Waals surface area contributed by atoms with Gasteiger partial charge < -0.3 is 18.9 Å². The van der Waals surface area contributed by atoms with E-state index in [4.69, 9.17) is 18.9 Å². The van der Waals surface area contributed by atoms with E-state index in [-0.39, 0.29) is 5.56 Å². The number of benzene rings is 1. The van der Waals surface area contributed by atoms with Gasteiger partial charge in [0, 0.05) is 14.2 Å². The van der Waals surface area contributed by atoms with Crippen molar-refractivity contribution in [2.75, 3.05) is 28.4 Å². The summed E-state index contributed by atoms with van der Waals surface area (Å²) in [5.41, 5.74) is -4.53. The molecule has 1 aromatic rings. The van der Waals surface area contributed by atoms with Crippen LogP contribution in [0.25, 0.3) is 0 Å². The van der Waals surface area contributed by atoms with Crippen LogP contribution in [0.1, 0.15) is 17.0 Å². The summed E-state index contributed by atoms with van der Waals surface area (Å²) in [5, 5.41) is 20.1. The second kappa shape index (κ2) is 8.38. The van der Waals surface area contributed by atoms with Gasteiger partial charge in [0.05, 0.1) is 43.4 Å². The summed E-state index contributed by atoms with van der Waals surface area (Å²) in [6.07, 6.45) is -4.64. The van der Waals surface area contributed by atoms with Crippen molar-refractivity contribution in [1.29, 1.82) is 10.5 Å². The number of carbonyl (C=O) groups excluding carboxylic acids is 2. The lowest BCUT2D eigenvalue weighted by molar-refractivity contribution is -0.218. The Morgan fingerprint density at radius 1 is 0.935 bits per heavy atom. The Hall–Kier alpha value is -3.41. The van der Waals surface area contributed by atoms with Gasteiger partial charge in [-0.15, -0.1) is 0 Å². The second-order valence-electron chi connectivity index (χ2n) is 6.38. The smallest absolute Gasteiger partial charge is 0.416 e. The van der Waals surface area contributed by atoms with Crippen LogP contribution in [-0.2, 0) is 34.7 Å². The molecule has 0 bridgehead atoms. The minimum Gasteiger partial charge on any atom is -0.466 e. The number of nitriles is 2. The first-order valence-electron chi connectivity index (χ1n) is 8.56. The molecule has 1 atom stereocenters. The quantitative estimate of drug-likeness (QED) is 0.508. The lowest BCUT2D eigenvalue weighted by atomic mass is 9.70. The van der Waals surface area contributed by atoms with E-state index in [2.05, 4.69) is 0 Å². The predicted molar refractivity (Wildman–Crippen MR) is 95.7 cm³/mol. The maximum atomic E-state index is 13.0. The summed E-state index contributed by atoms with van der Waals surface area (Å²) in [5.74, 6) is -6.23. The van der Waals surface area contributed by atoms with Gasteiger partial charge in [-0.3, -0.25) is 0 Å². The van der Waals surface area contributed by atoms with Crippen molar-refractivity contribution in [1.82, 2.24) is 0 Å². The highest BCUT2D eigenvalue weighted by molar-refractivity contribution is 6.05. The fourth-order valence-electron chi connectivity index (χ4n) is 3.79. The van der Waals surface area contributed by atoms with Gasteiger partial charge in [0.1, 0.15) is 5.57 Å². The van der Waals surface area contributed by atoms with E-state index in [1.807, 2.05) is 0 Å². The first-order chi connectivity index (χ1) is 14.5. The molecule has 0 aliphatic heterocycles. The van der Waals surface area contributed by atoms with Crippen LogP contribution in [0.4, 0.5) is 13.2 Å². The summed E-state index contributed by atoms with van der Waals surface area (Å²) in [4.78, 5) is 25.3. The third-order valence-corrected chi connectivity index (χ3v) is 5.13. The summed E-state index contributed by atoms with van der Waals surface area (Å²) in [7, 11) is 4.07. The summed E-state index contributed by atoms with van der Waals surface area (Å²) in [6, 6.07) is 6.92. The van der Waals surface area contributed by atoms with Crippen LogP contribution < -0.4 is 0 Å². The average molecular weight is 438 g/mol. The van der Waals surface area contributed by atoms with Crippen LogP contribution >= 0.6 is 0 Å².